The average molecular weight is 293 g/mol. The van der Waals surface area contributed by atoms with E-state index in [2.05, 4.69) is 15.0 Å². The van der Waals surface area contributed by atoms with Crippen molar-refractivity contribution in [2.45, 2.75) is 70.4 Å². The number of hydrogen-bond donors (Lipinski definition) is 0. The first-order valence-electron chi connectivity index (χ1n) is 7.42. The molecule has 2 atom stereocenters. The molecule has 0 N–H and O–H groups in total. The van der Waals surface area contributed by atoms with Crippen molar-refractivity contribution >= 4 is 18.2 Å². The fourth-order valence-corrected chi connectivity index (χ4v) is 2.12. The lowest BCUT2D eigenvalue weighted by molar-refractivity contribution is 0.481. The molecule has 0 aromatic rings. The van der Waals surface area contributed by atoms with E-state index in [0.717, 1.165) is 51.4 Å². The molecule has 0 saturated carbocycles. The van der Waals surface area contributed by atoms with Crippen LogP contribution < -0.4 is 0 Å². The fourth-order valence-electron chi connectivity index (χ4n) is 2.12. The molecule has 0 radical (unpaired) electrons. The summed E-state index contributed by atoms with van der Waals surface area (Å²) in [5.74, 6) is 0. The highest BCUT2D eigenvalue weighted by Crippen LogP contribution is 2.15. The number of carbonyl (C=O) groups excluding carboxylic acids is 3. The molecule has 0 aliphatic carbocycles. The van der Waals surface area contributed by atoms with Crippen LogP contribution in [0, 0.1) is 0 Å². The highest BCUT2D eigenvalue weighted by atomic mass is 16.1. The Morgan fingerprint density at radius 3 is 2.00 bits per heavy atom. The lowest BCUT2D eigenvalue weighted by Gasteiger charge is -2.10. The Morgan fingerprint density at radius 2 is 1.38 bits per heavy atom. The number of aliphatic imine (C=N–C) groups is 3. The predicted octanol–water partition coefficient (Wildman–Crippen LogP) is 2.87. The molecule has 0 aromatic carbocycles. The van der Waals surface area contributed by atoms with E-state index in [-0.39, 0.29) is 12.1 Å². The Balaban J connectivity index is 3.78. The monoisotopic (exact) mass is 293 g/mol. The third kappa shape index (κ3) is 12.9. The predicted molar refractivity (Wildman–Crippen MR) is 79.4 cm³/mol. The minimum atomic E-state index is 0.00824. The maximum Gasteiger partial charge on any atom is 0.235 e. The van der Waals surface area contributed by atoms with Crippen molar-refractivity contribution in [2.24, 2.45) is 15.0 Å². The van der Waals surface area contributed by atoms with E-state index < -0.39 is 0 Å². The van der Waals surface area contributed by atoms with Gasteiger partial charge in [0.2, 0.25) is 18.2 Å². The maximum absolute atomic E-state index is 10.4. The molecule has 0 aromatic heterocycles. The van der Waals surface area contributed by atoms with Crippen LogP contribution in [0.15, 0.2) is 15.0 Å². The second-order valence-corrected chi connectivity index (χ2v) is 5.05. The fraction of sp³-hybridized carbons (Fsp3) is 0.800. The van der Waals surface area contributed by atoms with Gasteiger partial charge in [0.1, 0.15) is 0 Å². The van der Waals surface area contributed by atoms with Gasteiger partial charge in [-0.25, -0.2) is 29.4 Å². The lowest BCUT2D eigenvalue weighted by atomic mass is 10.0. The molecule has 21 heavy (non-hydrogen) atoms. The van der Waals surface area contributed by atoms with Gasteiger partial charge in [0.15, 0.2) is 0 Å². The summed E-state index contributed by atoms with van der Waals surface area (Å²) in [6.45, 7) is 2.40. The molecule has 0 saturated heterocycles. The quantitative estimate of drug-likeness (QED) is 0.297. The summed E-state index contributed by atoms with van der Waals surface area (Å²) in [7, 11) is 0. The van der Waals surface area contributed by atoms with E-state index in [0.29, 0.717) is 6.54 Å². The molecule has 0 rings (SSSR count). The molecule has 0 spiro atoms. The standard InChI is InChI=1S/C15H23N3O3/c1-14(17-12-20)7-4-5-9-15(18-13-21)8-3-2-6-10-16-11-19/h14-15H,2-10H2,1H3. The molecule has 0 aliphatic heterocycles. The van der Waals surface area contributed by atoms with Crippen molar-refractivity contribution in [2.75, 3.05) is 6.54 Å². The number of hydrogen-bond acceptors (Lipinski definition) is 6. The summed E-state index contributed by atoms with van der Waals surface area (Å²) in [5, 5.41) is 0. The Labute approximate surface area is 125 Å². The van der Waals surface area contributed by atoms with Crippen LogP contribution in [0.2, 0.25) is 0 Å². The van der Waals surface area contributed by atoms with Gasteiger partial charge in [0, 0.05) is 0 Å². The smallest absolute Gasteiger partial charge is 0.211 e. The summed E-state index contributed by atoms with van der Waals surface area (Å²) in [6.07, 6.45) is 11.9. The van der Waals surface area contributed by atoms with E-state index >= 15 is 0 Å². The topological polar surface area (TPSA) is 88.3 Å². The Hall–Kier alpha value is -1.86. The maximum atomic E-state index is 10.4. The van der Waals surface area contributed by atoms with Crippen LogP contribution >= 0.6 is 0 Å². The third-order valence-corrected chi connectivity index (χ3v) is 3.29. The summed E-state index contributed by atoms with van der Waals surface area (Å²) in [5.41, 5.74) is 0. The number of nitrogens with zero attached hydrogens (tertiary/aromatic N) is 3. The first kappa shape index (κ1) is 19.1. The van der Waals surface area contributed by atoms with Crippen LogP contribution in [-0.2, 0) is 14.4 Å². The lowest BCUT2D eigenvalue weighted by Crippen LogP contribution is -2.05. The highest BCUT2D eigenvalue weighted by molar-refractivity contribution is 5.33. The summed E-state index contributed by atoms with van der Waals surface area (Å²) < 4.78 is 0. The molecule has 0 aliphatic rings. The molecule has 2 unspecified atom stereocenters. The Kier molecular flexibility index (Phi) is 13.3. The van der Waals surface area contributed by atoms with Crippen molar-refractivity contribution in [3.8, 4) is 0 Å². The van der Waals surface area contributed by atoms with Crippen molar-refractivity contribution in [1.82, 2.24) is 0 Å². The Morgan fingerprint density at radius 1 is 0.762 bits per heavy atom. The van der Waals surface area contributed by atoms with Gasteiger partial charge in [0.05, 0.1) is 18.6 Å². The summed E-state index contributed by atoms with van der Waals surface area (Å²) >= 11 is 0. The molecule has 6 heteroatoms. The van der Waals surface area contributed by atoms with Crippen LogP contribution in [0.25, 0.3) is 0 Å². The molecule has 116 valence electrons. The zero-order chi connectivity index (χ0) is 15.8. The molecule has 0 fully saturated rings. The zero-order valence-electron chi connectivity index (χ0n) is 12.6. The van der Waals surface area contributed by atoms with Crippen LogP contribution in [0.5, 0.6) is 0 Å². The van der Waals surface area contributed by atoms with Crippen LogP contribution in [0.3, 0.4) is 0 Å². The van der Waals surface area contributed by atoms with Gasteiger partial charge in [-0.2, -0.15) is 0 Å². The Bertz CT molecular complexity index is 406. The van der Waals surface area contributed by atoms with Gasteiger partial charge in [0.25, 0.3) is 0 Å². The third-order valence-electron chi connectivity index (χ3n) is 3.29. The van der Waals surface area contributed by atoms with E-state index in [4.69, 9.17) is 0 Å². The molecule has 0 heterocycles. The first-order valence-corrected chi connectivity index (χ1v) is 7.42. The van der Waals surface area contributed by atoms with Crippen molar-refractivity contribution in [3.05, 3.63) is 0 Å². The largest absolute Gasteiger partial charge is 0.235 e. The van der Waals surface area contributed by atoms with Gasteiger partial charge in [-0.05, 0) is 32.6 Å². The van der Waals surface area contributed by atoms with Crippen molar-refractivity contribution in [3.63, 3.8) is 0 Å². The second-order valence-electron chi connectivity index (χ2n) is 5.05. The minimum absolute atomic E-state index is 0.00824. The van der Waals surface area contributed by atoms with Gasteiger partial charge < -0.3 is 0 Å². The van der Waals surface area contributed by atoms with Crippen LogP contribution in [0.1, 0.15) is 58.3 Å². The van der Waals surface area contributed by atoms with Crippen molar-refractivity contribution in [1.29, 1.82) is 0 Å². The number of unbranched alkanes of at least 4 members (excludes halogenated alkanes) is 3. The minimum Gasteiger partial charge on any atom is -0.211 e. The SMILES string of the molecule is CC(CCCCC(CCCCCN=C=O)N=C=O)N=C=O. The first-order chi connectivity index (χ1) is 10.2. The van der Waals surface area contributed by atoms with Gasteiger partial charge in [-0.1, -0.05) is 25.7 Å². The molecular formula is C15H23N3O3. The molecule has 0 amide bonds. The molecule has 6 nitrogen and oxygen atoms in total. The van der Waals surface area contributed by atoms with E-state index in [1.807, 2.05) is 6.92 Å². The van der Waals surface area contributed by atoms with E-state index in [9.17, 15) is 14.4 Å². The highest BCUT2D eigenvalue weighted by Gasteiger charge is 2.07. The summed E-state index contributed by atoms with van der Waals surface area (Å²) in [4.78, 5) is 41.3. The van der Waals surface area contributed by atoms with Crippen molar-refractivity contribution < 1.29 is 14.4 Å². The van der Waals surface area contributed by atoms with Gasteiger partial charge in [-0.3, -0.25) is 0 Å². The molecule has 0 bridgehead atoms. The average Bonchev–Trinajstić information content (AvgIpc) is 2.47. The van der Waals surface area contributed by atoms with E-state index in [1.54, 1.807) is 12.2 Å². The molecular weight excluding hydrogens is 270 g/mol. The van der Waals surface area contributed by atoms with Gasteiger partial charge >= 0.3 is 0 Å². The number of isocyanates is 3. The number of rotatable bonds is 13. The van der Waals surface area contributed by atoms with E-state index in [1.165, 1.54) is 6.08 Å². The van der Waals surface area contributed by atoms with Gasteiger partial charge in [-0.15, -0.1) is 0 Å². The normalized spacial score (nSPS) is 12.4. The van der Waals surface area contributed by atoms with Crippen LogP contribution in [0.4, 0.5) is 0 Å². The second kappa shape index (κ2) is 14.5. The summed E-state index contributed by atoms with van der Waals surface area (Å²) in [6, 6.07) is 0.0239. The van der Waals surface area contributed by atoms with Crippen LogP contribution in [-0.4, -0.2) is 36.9 Å². The zero-order valence-corrected chi connectivity index (χ0v) is 12.6.